The number of halogens is 2. The maximum atomic E-state index is 13.2. The van der Waals surface area contributed by atoms with Crippen molar-refractivity contribution in [1.82, 2.24) is 52.7 Å². The van der Waals surface area contributed by atoms with E-state index in [0.717, 1.165) is 68.8 Å². The van der Waals surface area contributed by atoms with Crippen molar-refractivity contribution in [2.24, 2.45) is 35.2 Å². The first-order valence-corrected chi connectivity index (χ1v) is 30.0. The van der Waals surface area contributed by atoms with Gasteiger partial charge in [-0.3, -0.25) is 33.7 Å². The Morgan fingerprint density at radius 3 is 1.40 bits per heavy atom. The number of rotatable bonds is 10. The summed E-state index contributed by atoms with van der Waals surface area (Å²) >= 11 is 0. The molecule has 0 amide bonds. The fourth-order valence-electron chi connectivity index (χ4n) is 9.80. The van der Waals surface area contributed by atoms with Crippen LogP contribution in [0.15, 0.2) is 293 Å². The molecule has 0 unspecified atom stereocenters. The fraction of sp³-hybridized carbons (Fsp3) is 0.0625. The SMILES string of the molecule is Cn1ccnc1-c1[c-]c(-c2ccccc2)ccc1.Cn1ccnc1-c1[c-]cc(-c2ccccc2)cc1.Cn1ccnc1-c1[c-]ccc(-c2ccccc2)c1.Cn1ccnc1-c1[c-]cccc1-c1ccccc1.Cn1cnc(-c2[c-]cc(F)cc2F)c1.O=C(O)c1ccccn1.[Ir].[Ir].[Ir].[Ir].[Ir]. The summed E-state index contributed by atoms with van der Waals surface area (Å²) in [6.45, 7) is 0. The summed E-state index contributed by atoms with van der Waals surface area (Å²) in [5.41, 5.74) is 14.2. The third-order valence-corrected chi connectivity index (χ3v) is 14.6. The zero-order valence-corrected chi connectivity index (χ0v) is 66.4. The average Bonchev–Trinajstić information content (AvgIpc) is 1.48. The maximum absolute atomic E-state index is 13.2. The van der Waals surface area contributed by atoms with Crippen LogP contribution < -0.4 is 0 Å². The molecule has 0 aliphatic heterocycles. The van der Waals surface area contributed by atoms with Crippen molar-refractivity contribution < 1.29 is 119 Å². The van der Waals surface area contributed by atoms with Crippen LogP contribution in [0.3, 0.4) is 0 Å². The first-order valence-electron chi connectivity index (χ1n) is 30.0. The van der Waals surface area contributed by atoms with Crippen LogP contribution in [0.5, 0.6) is 0 Å². The largest absolute Gasteiger partial charge is 0.477 e. The van der Waals surface area contributed by atoms with Gasteiger partial charge in [0, 0.05) is 209 Å². The zero-order valence-electron chi connectivity index (χ0n) is 54.4. The molecule has 15 aromatic rings. The van der Waals surface area contributed by atoms with E-state index in [9.17, 15) is 13.6 Å². The first-order chi connectivity index (χ1) is 46.4. The summed E-state index contributed by atoms with van der Waals surface area (Å²) in [6.07, 6.45) is 19.6. The van der Waals surface area contributed by atoms with Gasteiger partial charge in [-0.2, -0.15) is 0 Å². The van der Waals surface area contributed by atoms with E-state index in [-0.39, 0.29) is 112 Å². The van der Waals surface area contributed by atoms with Crippen molar-refractivity contribution in [3.63, 3.8) is 0 Å². The van der Waals surface area contributed by atoms with Gasteiger partial charge in [0.05, 0.1) is 29.6 Å². The van der Waals surface area contributed by atoms with Crippen LogP contribution in [0.4, 0.5) is 8.78 Å². The average molecular weight is 2210 g/mol. The summed E-state index contributed by atoms with van der Waals surface area (Å²) in [5.74, 6) is 1.48. The van der Waals surface area contributed by atoms with E-state index in [1.165, 1.54) is 45.6 Å². The van der Waals surface area contributed by atoms with E-state index in [4.69, 9.17) is 5.11 Å². The van der Waals surface area contributed by atoms with Gasteiger partial charge in [0.15, 0.2) is 0 Å². The fourth-order valence-corrected chi connectivity index (χ4v) is 9.80. The molecule has 6 heterocycles. The normalized spacial score (nSPS) is 9.83. The van der Waals surface area contributed by atoms with Crippen LogP contribution in [-0.4, -0.2) is 63.8 Å². The number of carboxylic acids is 1. The molecule has 20 heteroatoms. The van der Waals surface area contributed by atoms with Crippen LogP contribution >= 0.6 is 0 Å². The molecule has 100 heavy (non-hydrogen) atoms. The van der Waals surface area contributed by atoms with Gasteiger partial charge in [-0.1, -0.05) is 172 Å². The minimum Gasteiger partial charge on any atom is -0.477 e. The van der Waals surface area contributed by atoms with Crippen LogP contribution in [-0.2, 0) is 136 Å². The minimum atomic E-state index is -0.990. The van der Waals surface area contributed by atoms with Gasteiger partial charge >= 0.3 is 5.97 Å². The number of imidazole rings is 5. The van der Waals surface area contributed by atoms with Crippen LogP contribution in [0.1, 0.15) is 10.5 Å². The van der Waals surface area contributed by atoms with E-state index < -0.39 is 17.6 Å². The summed E-state index contributed by atoms with van der Waals surface area (Å²) in [7, 11) is 9.74. The van der Waals surface area contributed by atoms with Gasteiger partial charge in [-0.25, -0.2) is 9.78 Å². The maximum Gasteiger partial charge on any atom is 0.354 e. The predicted octanol–water partition coefficient (Wildman–Crippen LogP) is 17.1. The van der Waals surface area contributed by atoms with Gasteiger partial charge in [0.25, 0.3) is 0 Å². The Morgan fingerprint density at radius 1 is 0.390 bits per heavy atom. The summed E-state index contributed by atoms with van der Waals surface area (Å²) in [4.78, 5) is 35.1. The molecule has 0 aliphatic rings. The number of carboxylic acid groups (broad SMARTS) is 1. The Bertz CT molecular complexity index is 4740. The van der Waals surface area contributed by atoms with E-state index >= 15 is 0 Å². The molecule has 0 atom stereocenters. The molecule has 15 rings (SSSR count). The van der Waals surface area contributed by atoms with E-state index in [1.807, 2.05) is 187 Å². The molecule has 0 saturated heterocycles. The molecule has 1 N–H and O–H groups in total. The molecule has 5 radical (unpaired) electrons. The molecule has 515 valence electrons. The van der Waals surface area contributed by atoms with Crippen LogP contribution in [0.25, 0.3) is 101 Å². The van der Waals surface area contributed by atoms with E-state index in [0.29, 0.717) is 5.69 Å². The smallest absolute Gasteiger partial charge is 0.354 e. The number of aromatic carboxylic acids is 1. The summed E-state index contributed by atoms with van der Waals surface area (Å²) in [6, 6.07) is 88.2. The number of benzene rings is 9. The number of aryl methyl sites for hydroxylation is 5. The Morgan fingerprint density at radius 2 is 0.910 bits per heavy atom. The number of hydrogen-bond acceptors (Lipinski definition) is 7. The monoisotopic (exact) mass is 2210 g/mol. The van der Waals surface area contributed by atoms with Crippen molar-refractivity contribution in [1.29, 1.82) is 0 Å². The molecule has 9 aromatic carbocycles. The standard InChI is InChI=1S/4C16H13N2.C10H7F2N2.C6H5NO2.5Ir/c1-18-12-11-17-16(18)15-10-6-5-9-14(15)13-7-3-2-4-8-13;2*1-18-11-10-17-16(18)15-9-5-8-14(12-15)13-6-3-2-4-7-13;1-18-12-11-17-16(18)15-9-7-14(8-10-15)13-5-3-2-4-6-13;1-14-5-10(13-6-14)8-3-2-7(11)4-9(8)12;8-6(9)5-3-1-2-4-7-5;;;;;/h2-9,11-12H,1H3;2-8,10-12H,1H3;2-11H,1H3;2-9,11-12H,1H3;2,4-6H,1H3;1-4H,(H,8,9);;;;;/q5*-1;;;;;;. The van der Waals surface area contributed by atoms with E-state index in [1.54, 1.807) is 54.9 Å². The minimum absolute atomic E-state index is 0. The Labute approximate surface area is 649 Å². The third-order valence-electron chi connectivity index (χ3n) is 14.6. The van der Waals surface area contributed by atoms with E-state index in [2.05, 4.69) is 145 Å². The third kappa shape index (κ3) is 22.6. The first kappa shape index (κ1) is 81.4. The molecule has 0 aliphatic carbocycles. The number of nitrogens with zero attached hydrogens (tertiary/aromatic N) is 11. The molecular formula is C80H64F2Ir5N11O2-5. The van der Waals surface area contributed by atoms with Gasteiger partial charge in [0.2, 0.25) is 0 Å². The Hall–Kier alpha value is -9.24. The molecule has 0 fully saturated rings. The zero-order chi connectivity index (χ0) is 66.3. The molecule has 6 aromatic heterocycles. The van der Waals surface area contributed by atoms with Gasteiger partial charge in [-0.15, -0.1) is 137 Å². The molecule has 0 spiro atoms. The second-order valence-corrected chi connectivity index (χ2v) is 21.3. The summed E-state index contributed by atoms with van der Waals surface area (Å²) in [5, 5.41) is 8.32. The predicted molar refractivity (Wildman–Crippen MR) is 370 cm³/mol. The van der Waals surface area contributed by atoms with Crippen LogP contribution in [0, 0.1) is 42.0 Å². The van der Waals surface area contributed by atoms with Crippen molar-refractivity contribution in [3.05, 3.63) is 340 Å². The molecular weight excluding hydrogens is 2150 g/mol. The van der Waals surface area contributed by atoms with Gasteiger partial charge in [-0.05, 0) is 23.9 Å². The summed E-state index contributed by atoms with van der Waals surface area (Å²) < 4.78 is 35.5. The molecule has 0 bridgehead atoms. The van der Waals surface area contributed by atoms with Crippen molar-refractivity contribution in [3.8, 4) is 101 Å². The number of carbonyl (C=O) groups is 1. The van der Waals surface area contributed by atoms with Gasteiger partial charge in [0.1, 0.15) is 5.69 Å². The van der Waals surface area contributed by atoms with Crippen molar-refractivity contribution in [2.45, 2.75) is 0 Å². The van der Waals surface area contributed by atoms with Crippen molar-refractivity contribution >= 4 is 5.97 Å². The Balaban J connectivity index is 0.000000216. The number of pyridine rings is 1. The molecule has 13 nitrogen and oxygen atoms in total. The topological polar surface area (TPSA) is 139 Å². The van der Waals surface area contributed by atoms with Crippen LogP contribution in [0.2, 0.25) is 0 Å². The second kappa shape index (κ2) is 41.4. The number of hydrogen-bond donors (Lipinski definition) is 1. The Kier molecular flexibility index (Phi) is 33.7. The second-order valence-electron chi connectivity index (χ2n) is 21.3. The number of aromatic nitrogens is 11. The van der Waals surface area contributed by atoms with Gasteiger partial charge < -0.3 is 27.9 Å². The quantitative estimate of drug-likeness (QED) is 0.134. The van der Waals surface area contributed by atoms with Crippen molar-refractivity contribution in [2.75, 3.05) is 0 Å². The molecule has 0 saturated carbocycles.